The summed E-state index contributed by atoms with van der Waals surface area (Å²) in [4.78, 5) is 10.0. The van der Waals surface area contributed by atoms with E-state index in [2.05, 4.69) is 54.0 Å². The fraction of sp³-hybridized carbons (Fsp3) is 0.552. The van der Waals surface area contributed by atoms with Gasteiger partial charge in [-0.05, 0) is 60.9 Å². The first kappa shape index (κ1) is 24.2. The smallest absolute Gasteiger partial charge is 0.0784 e. The molecule has 186 valence electrons. The second-order valence-electron chi connectivity index (χ2n) is 11.2. The van der Waals surface area contributed by atoms with Gasteiger partial charge in [0.2, 0.25) is 0 Å². The molecule has 6 heteroatoms. The van der Waals surface area contributed by atoms with Gasteiger partial charge in [-0.15, -0.1) is 5.73 Å². The van der Waals surface area contributed by atoms with Crippen molar-refractivity contribution in [1.29, 1.82) is 0 Å². The number of aromatic nitrogens is 2. The van der Waals surface area contributed by atoms with E-state index in [-0.39, 0.29) is 12.0 Å². The second kappa shape index (κ2) is 10.6. The van der Waals surface area contributed by atoms with Gasteiger partial charge in [-0.3, -0.25) is 9.97 Å². The van der Waals surface area contributed by atoms with Crippen LogP contribution in [-0.4, -0.2) is 41.3 Å². The van der Waals surface area contributed by atoms with Crippen LogP contribution in [0.2, 0.25) is 0 Å². The van der Waals surface area contributed by atoms with Crippen LogP contribution in [0.1, 0.15) is 87.6 Å². The van der Waals surface area contributed by atoms with E-state index >= 15 is 0 Å². The van der Waals surface area contributed by atoms with Crippen LogP contribution >= 0.6 is 0 Å². The fourth-order valence-corrected chi connectivity index (χ4v) is 5.57. The second-order valence-corrected chi connectivity index (χ2v) is 11.2. The Kier molecular flexibility index (Phi) is 7.35. The first-order chi connectivity index (χ1) is 17.0. The van der Waals surface area contributed by atoms with Crippen LogP contribution in [0.4, 0.5) is 0 Å². The molecule has 0 bridgehead atoms. The average molecular weight is 474 g/mol. The molecule has 2 aliphatic carbocycles. The van der Waals surface area contributed by atoms with Crippen molar-refractivity contribution in [3.8, 4) is 0 Å². The average Bonchev–Trinajstić information content (AvgIpc) is 3.43. The van der Waals surface area contributed by atoms with Crippen molar-refractivity contribution in [2.24, 2.45) is 5.41 Å². The van der Waals surface area contributed by atoms with E-state index in [0.29, 0.717) is 11.8 Å². The topological polar surface area (TPSA) is 82.1 Å². The van der Waals surface area contributed by atoms with Crippen molar-refractivity contribution >= 4 is 16.5 Å². The molecule has 1 unspecified atom stereocenters. The van der Waals surface area contributed by atoms with Crippen molar-refractivity contribution in [2.45, 2.75) is 70.6 Å². The Morgan fingerprint density at radius 3 is 2.77 bits per heavy atom. The molecule has 0 saturated heterocycles. The lowest BCUT2D eigenvalue weighted by molar-refractivity contribution is 0.158. The van der Waals surface area contributed by atoms with Gasteiger partial charge >= 0.3 is 0 Å². The number of aliphatic hydroxyl groups is 1. The largest absolute Gasteiger partial charge is 0.396 e. The van der Waals surface area contributed by atoms with Gasteiger partial charge in [0.25, 0.3) is 0 Å². The highest BCUT2D eigenvalue weighted by Crippen LogP contribution is 2.40. The first-order valence-electron chi connectivity index (χ1n) is 13.3. The van der Waals surface area contributed by atoms with E-state index in [1.807, 2.05) is 12.4 Å². The molecular formula is C29H39N5O. The Morgan fingerprint density at radius 2 is 2.06 bits per heavy atom. The fourth-order valence-electron chi connectivity index (χ4n) is 5.57. The number of pyridine rings is 2. The van der Waals surface area contributed by atoms with Crippen LogP contribution in [-0.2, 0) is 0 Å². The Hall–Kier alpha value is -2.50. The summed E-state index contributed by atoms with van der Waals surface area (Å²) in [6, 6.07) is 4.48. The number of hydrogen-bond donors (Lipinski definition) is 4. The zero-order chi connectivity index (χ0) is 24.3. The van der Waals surface area contributed by atoms with Gasteiger partial charge in [0, 0.05) is 60.9 Å². The van der Waals surface area contributed by atoms with Crippen LogP contribution in [0.15, 0.2) is 41.9 Å². The Labute approximate surface area is 209 Å². The molecule has 3 heterocycles. The van der Waals surface area contributed by atoms with Gasteiger partial charge in [0.15, 0.2) is 0 Å². The molecule has 2 aromatic rings. The third-order valence-electron chi connectivity index (χ3n) is 7.75. The Morgan fingerprint density at radius 1 is 1.20 bits per heavy atom. The SMILES string of the molecule is CC(C)(CO)CNCC1=C=CC(c2nc3ccnc(C4=CNNC4)c3cc2C2CCCCC2)CC1. The minimum absolute atomic E-state index is 0.0975. The molecule has 0 radical (unpaired) electrons. The maximum absolute atomic E-state index is 9.49. The normalized spacial score (nSPS) is 21.2. The van der Waals surface area contributed by atoms with Crippen molar-refractivity contribution in [1.82, 2.24) is 26.1 Å². The molecule has 1 atom stereocenters. The zero-order valence-corrected chi connectivity index (χ0v) is 21.2. The van der Waals surface area contributed by atoms with Gasteiger partial charge in [-0.1, -0.05) is 33.1 Å². The molecule has 4 N–H and O–H groups in total. The van der Waals surface area contributed by atoms with Crippen LogP contribution in [0.3, 0.4) is 0 Å². The highest BCUT2D eigenvalue weighted by molar-refractivity contribution is 5.91. The monoisotopic (exact) mass is 473 g/mol. The molecule has 1 saturated carbocycles. The quantitative estimate of drug-likeness (QED) is 0.416. The number of rotatable bonds is 8. The molecular weight excluding hydrogens is 434 g/mol. The van der Waals surface area contributed by atoms with E-state index in [1.54, 1.807) is 0 Å². The number of nitrogens with zero attached hydrogens (tertiary/aromatic N) is 2. The highest BCUT2D eigenvalue weighted by Gasteiger charge is 2.26. The highest BCUT2D eigenvalue weighted by atomic mass is 16.3. The van der Waals surface area contributed by atoms with Gasteiger partial charge in [0.05, 0.1) is 16.9 Å². The van der Waals surface area contributed by atoms with E-state index in [0.717, 1.165) is 43.7 Å². The standard InChI is InChI=1S/C29H39N5O/c1-29(2,19-35)18-30-15-20-8-10-22(11-9-20)28-24(21-6-4-3-5-7-21)14-25-26(34-28)12-13-31-27(25)23-16-32-33-17-23/h11-14,16,21-22,30,32-33,35H,3-8,10,15,17-19H2,1-2H3. The van der Waals surface area contributed by atoms with Crippen LogP contribution in [0.5, 0.6) is 0 Å². The number of fused-ring (bicyclic) bond motifs is 1. The van der Waals surface area contributed by atoms with E-state index in [4.69, 9.17) is 9.97 Å². The van der Waals surface area contributed by atoms with E-state index in [9.17, 15) is 5.11 Å². The molecule has 6 nitrogen and oxygen atoms in total. The van der Waals surface area contributed by atoms with Gasteiger partial charge < -0.3 is 15.8 Å². The lowest BCUT2D eigenvalue weighted by atomic mass is 9.79. The third-order valence-corrected chi connectivity index (χ3v) is 7.75. The summed E-state index contributed by atoms with van der Waals surface area (Å²) in [6.45, 7) is 6.76. The van der Waals surface area contributed by atoms with E-state index < -0.39 is 0 Å². The van der Waals surface area contributed by atoms with E-state index in [1.165, 1.54) is 59.9 Å². The predicted octanol–water partition coefficient (Wildman–Crippen LogP) is 4.69. The summed E-state index contributed by atoms with van der Waals surface area (Å²) in [5, 5.41) is 14.2. The molecule has 0 spiro atoms. The molecule has 1 fully saturated rings. The summed E-state index contributed by atoms with van der Waals surface area (Å²) in [5.41, 5.74) is 17.0. The molecule has 3 aliphatic rings. The Bertz CT molecular complexity index is 1160. The summed E-state index contributed by atoms with van der Waals surface area (Å²) in [6.07, 6.45) is 14.7. The maximum Gasteiger partial charge on any atom is 0.0784 e. The van der Waals surface area contributed by atoms with Gasteiger partial charge in [-0.2, -0.15) is 0 Å². The molecule has 0 amide bonds. The van der Waals surface area contributed by atoms with Crippen LogP contribution in [0.25, 0.3) is 16.5 Å². The molecule has 0 aromatic carbocycles. The summed E-state index contributed by atoms with van der Waals surface area (Å²) in [5.74, 6) is 0.887. The molecule has 2 aromatic heterocycles. The number of aliphatic hydroxyl groups excluding tert-OH is 1. The summed E-state index contributed by atoms with van der Waals surface area (Å²) in [7, 11) is 0. The van der Waals surface area contributed by atoms with Crippen molar-refractivity contribution < 1.29 is 5.11 Å². The van der Waals surface area contributed by atoms with Crippen molar-refractivity contribution in [3.05, 3.63) is 58.9 Å². The Balaban J connectivity index is 1.46. The number of nitrogens with one attached hydrogen (secondary N) is 3. The minimum Gasteiger partial charge on any atom is -0.396 e. The number of hydrazine groups is 1. The zero-order valence-electron chi connectivity index (χ0n) is 21.2. The summed E-state index contributed by atoms with van der Waals surface area (Å²) < 4.78 is 0. The molecule has 1 aliphatic heterocycles. The minimum atomic E-state index is -0.0975. The van der Waals surface area contributed by atoms with Gasteiger partial charge in [0.1, 0.15) is 0 Å². The maximum atomic E-state index is 9.49. The van der Waals surface area contributed by atoms with Crippen LogP contribution in [0, 0.1) is 5.41 Å². The van der Waals surface area contributed by atoms with Gasteiger partial charge in [-0.25, -0.2) is 5.43 Å². The van der Waals surface area contributed by atoms with Crippen molar-refractivity contribution in [2.75, 3.05) is 26.2 Å². The summed E-state index contributed by atoms with van der Waals surface area (Å²) >= 11 is 0. The lowest BCUT2D eigenvalue weighted by Gasteiger charge is -2.28. The molecule has 35 heavy (non-hydrogen) atoms. The first-order valence-corrected chi connectivity index (χ1v) is 13.3. The van der Waals surface area contributed by atoms with Crippen molar-refractivity contribution in [3.63, 3.8) is 0 Å². The predicted molar refractivity (Wildman–Crippen MR) is 142 cm³/mol. The third kappa shape index (κ3) is 5.52. The molecule has 5 rings (SSSR count). The van der Waals surface area contributed by atoms with Crippen LogP contribution < -0.4 is 16.2 Å². The number of hydrogen-bond acceptors (Lipinski definition) is 6. The lowest BCUT2D eigenvalue weighted by Crippen LogP contribution is -2.33.